The molecule has 0 saturated carbocycles. The van der Waals surface area contributed by atoms with E-state index in [4.69, 9.17) is 4.74 Å². The molecule has 2 fully saturated rings. The topological polar surface area (TPSA) is 79.0 Å². The van der Waals surface area contributed by atoms with E-state index < -0.39 is 15.4 Å². The van der Waals surface area contributed by atoms with E-state index in [0.29, 0.717) is 13.0 Å². The maximum atomic E-state index is 12.3. The number of carbonyl (C=O) groups is 1. The highest BCUT2D eigenvalue weighted by molar-refractivity contribution is 7.91. The second-order valence-corrected chi connectivity index (χ2v) is 9.60. The Morgan fingerprint density at radius 3 is 2.38 bits per heavy atom. The quantitative estimate of drug-likeness (QED) is 0.801. The lowest BCUT2D eigenvalue weighted by Crippen LogP contribution is -2.53. The van der Waals surface area contributed by atoms with Gasteiger partial charge in [0.15, 0.2) is 9.84 Å². The molecular formula is C18H27N3O4S. The van der Waals surface area contributed by atoms with Crippen LogP contribution in [-0.4, -0.2) is 76.1 Å². The Bertz CT molecular complexity index is 742. The van der Waals surface area contributed by atoms with Crippen LogP contribution in [0.5, 0.6) is 5.75 Å². The van der Waals surface area contributed by atoms with Crippen molar-refractivity contribution in [2.45, 2.75) is 18.9 Å². The summed E-state index contributed by atoms with van der Waals surface area (Å²) in [4.78, 5) is 16.7. The lowest BCUT2D eigenvalue weighted by Gasteiger charge is -2.36. The van der Waals surface area contributed by atoms with Crippen molar-refractivity contribution in [3.05, 3.63) is 24.3 Å². The number of ether oxygens (including phenoxy) is 1. The van der Waals surface area contributed by atoms with Crippen molar-refractivity contribution in [1.29, 1.82) is 0 Å². The van der Waals surface area contributed by atoms with Crippen LogP contribution in [0.1, 0.15) is 13.3 Å². The van der Waals surface area contributed by atoms with Crippen LogP contribution in [0.4, 0.5) is 5.69 Å². The van der Waals surface area contributed by atoms with E-state index in [9.17, 15) is 13.2 Å². The Kier molecular flexibility index (Phi) is 5.43. The molecule has 1 amide bonds. The molecule has 2 heterocycles. The highest BCUT2D eigenvalue weighted by atomic mass is 32.2. The third-order valence-corrected chi connectivity index (χ3v) is 7.02. The fourth-order valence-electron chi connectivity index (χ4n) is 3.65. The van der Waals surface area contributed by atoms with Crippen LogP contribution in [-0.2, 0) is 14.6 Å². The molecule has 1 atom stereocenters. The maximum absolute atomic E-state index is 12.3. The standard InChI is InChI=1S/C18H27N3O4S/c1-18(7-12-26(23,24)14-18)19-17(22)13-20-8-10-21(11-9-20)15-3-5-16(25-2)6-4-15/h3-6H,7-14H2,1-2H3,(H,19,22)/t18-/m1/s1. The summed E-state index contributed by atoms with van der Waals surface area (Å²) in [6.45, 7) is 5.43. The summed E-state index contributed by atoms with van der Waals surface area (Å²) in [7, 11) is -1.37. The van der Waals surface area contributed by atoms with E-state index in [1.54, 1.807) is 7.11 Å². The van der Waals surface area contributed by atoms with Gasteiger partial charge in [0, 0.05) is 31.9 Å². The molecule has 1 N–H and O–H groups in total. The molecule has 0 aliphatic carbocycles. The normalized spacial score (nSPS) is 25.8. The lowest BCUT2D eigenvalue weighted by molar-refractivity contribution is -0.123. The van der Waals surface area contributed by atoms with Gasteiger partial charge in [-0.25, -0.2) is 8.42 Å². The van der Waals surface area contributed by atoms with Crippen LogP contribution in [0, 0.1) is 0 Å². The van der Waals surface area contributed by atoms with E-state index in [2.05, 4.69) is 15.1 Å². The van der Waals surface area contributed by atoms with E-state index in [1.165, 1.54) is 0 Å². The van der Waals surface area contributed by atoms with Gasteiger partial charge in [0.05, 0.1) is 30.7 Å². The van der Waals surface area contributed by atoms with Gasteiger partial charge in [-0.05, 0) is 37.6 Å². The highest BCUT2D eigenvalue weighted by Gasteiger charge is 2.39. The Hall–Kier alpha value is -1.80. The minimum atomic E-state index is -3.02. The van der Waals surface area contributed by atoms with E-state index in [0.717, 1.165) is 37.6 Å². The number of hydrogen-bond donors (Lipinski definition) is 1. The van der Waals surface area contributed by atoms with Crippen LogP contribution in [0.2, 0.25) is 0 Å². The van der Waals surface area contributed by atoms with Crippen molar-refractivity contribution in [3.8, 4) is 5.75 Å². The van der Waals surface area contributed by atoms with Crippen LogP contribution >= 0.6 is 0 Å². The average molecular weight is 381 g/mol. The van der Waals surface area contributed by atoms with Crippen molar-refractivity contribution < 1.29 is 17.9 Å². The lowest BCUT2D eigenvalue weighted by atomic mass is 10.0. The molecule has 1 aromatic carbocycles. The van der Waals surface area contributed by atoms with Gasteiger partial charge in [-0.15, -0.1) is 0 Å². The Labute approximate surface area is 155 Å². The number of anilines is 1. The summed E-state index contributed by atoms with van der Waals surface area (Å²) >= 11 is 0. The number of benzene rings is 1. The smallest absolute Gasteiger partial charge is 0.234 e. The minimum Gasteiger partial charge on any atom is -0.497 e. The fourth-order valence-corrected chi connectivity index (χ4v) is 5.74. The Morgan fingerprint density at radius 2 is 1.85 bits per heavy atom. The number of nitrogens with zero attached hydrogens (tertiary/aromatic N) is 2. The molecule has 3 rings (SSSR count). The van der Waals surface area contributed by atoms with Crippen molar-refractivity contribution in [3.63, 3.8) is 0 Å². The zero-order chi connectivity index (χ0) is 18.8. The van der Waals surface area contributed by atoms with Crippen molar-refractivity contribution in [1.82, 2.24) is 10.2 Å². The maximum Gasteiger partial charge on any atom is 0.234 e. The molecule has 144 valence electrons. The van der Waals surface area contributed by atoms with E-state index in [-0.39, 0.29) is 17.4 Å². The summed E-state index contributed by atoms with van der Waals surface area (Å²) in [6.07, 6.45) is 0.492. The van der Waals surface area contributed by atoms with Gasteiger partial charge < -0.3 is 15.0 Å². The second kappa shape index (κ2) is 7.44. The molecule has 0 unspecified atom stereocenters. The predicted octanol–water partition coefficient (Wildman–Crippen LogP) is 0.511. The van der Waals surface area contributed by atoms with Crippen LogP contribution in [0.25, 0.3) is 0 Å². The first-order valence-corrected chi connectivity index (χ1v) is 10.7. The first-order chi connectivity index (χ1) is 12.3. The summed E-state index contributed by atoms with van der Waals surface area (Å²) in [6, 6.07) is 7.99. The van der Waals surface area contributed by atoms with Crippen LogP contribution in [0.15, 0.2) is 24.3 Å². The molecular weight excluding hydrogens is 354 g/mol. The SMILES string of the molecule is COc1ccc(N2CCN(CC(=O)N[C@]3(C)CCS(=O)(=O)C3)CC2)cc1. The van der Waals surface area contributed by atoms with Crippen LogP contribution < -0.4 is 15.0 Å². The van der Waals surface area contributed by atoms with Gasteiger partial charge in [-0.3, -0.25) is 9.69 Å². The van der Waals surface area contributed by atoms with Gasteiger partial charge in [0.2, 0.25) is 5.91 Å². The number of hydrogen-bond acceptors (Lipinski definition) is 6. The monoisotopic (exact) mass is 381 g/mol. The molecule has 2 saturated heterocycles. The number of piperazine rings is 1. The summed E-state index contributed by atoms with van der Waals surface area (Å²) in [5.74, 6) is 0.940. The van der Waals surface area contributed by atoms with Gasteiger partial charge in [-0.1, -0.05) is 0 Å². The number of sulfone groups is 1. The molecule has 1 aromatic rings. The zero-order valence-electron chi connectivity index (χ0n) is 15.4. The molecule has 2 aliphatic rings. The first-order valence-electron chi connectivity index (χ1n) is 8.91. The fraction of sp³-hybridized carbons (Fsp3) is 0.611. The van der Waals surface area contributed by atoms with E-state index >= 15 is 0 Å². The Balaban J connectivity index is 1.47. The molecule has 2 aliphatic heterocycles. The number of amides is 1. The molecule has 0 aromatic heterocycles. The molecule has 0 spiro atoms. The van der Waals surface area contributed by atoms with Crippen molar-refractivity contribution in [2.75, 3.05) is 56.2 Å². The molecule has 7 nitrogen and oxygen atoms in total. The second-order valence-electron chi connectivity index (χ2n) is 7.41. The third kappa shape index (κ3) is 4.67. The van der Waals surface area contributed by atoms with E-state index in [1.807, 2.05) is 31.2 Å². The molecule has 8 heteroatoms. The number of carbonyl (C=O) groups excluding carboxylic acids is 1. The number of methoxy groups -OCH3 is 1. The summed E-state index contributed by atoms with van der Waals surface area (Å²) in [5.41, 5.74) is 0.527. The summed E-state index contributed by atoms with van der Waals surface area (Å²) in [5, 5.41) is 2.93. The third-order valence-electron chi connectivity index (χ3n) is 5.12. The molecule has 0 bridgehead atoms. The summed E-state index contributed by atoms with van der Waals surface area (Å²) < 4.78 is 28.5. The molecule has 0 radical (unpaired) electrons. The predicted molar refractivity (Wildman–Crippen MR) is 101 cm³/mol. The van der Waals surface area contributed by atoms with Crippen molar-refractivity contribution in [2.24, 2.45) is 0 Å². The minimum absolute atomic E-state index is 0.0387. The number of rotatable bonds is 5. The molecule has 26 heavy (non-hydrogen) atoms. The first kappa shape index (κ1) is 19.0. The van der Waals surface area contributed by atoms with Gasteiger partial charge in [0.25, 0.3) is 0 Å². The van der Waals surface area contributed by atoms with Crippen LogP contribution in [0.3, 0.4) is 0 Å². The van der Waals surface area contributed by atoms with Crippen molar-refractivity contribution >= 4 is 21.4 Å². The Morgan fingerprint density at radius 1 is 1.19 bits per heavy atom. The zero-order valence-corrected chi connectivity index (χ0v) is 16.2. The van der Waals surface area contributed by atoms with Gasteiger partial charge in [-0.2, -0.15) is 0 Å². The van der Waals surface area contributed by atoms with Gasteiger partial charge in [0.1, 0.15) is 5.75 Å². The van der Waals surface area contributed by atoms with Gasteiger partial charge >= 0.3 is 0 Å². The number of nitrogens with one attached hydrogen (secondary N) is 1. The highest BCUT2D eigenvalue weighted by Crippen LogP contribution is 2.23. The largest absolute Gasteiger partial charge is 0.497 e. The average Bonchev–Trinajstić information content (AvgIpc) is 2.88.